The van der Waals surface area contributed by atoms with Crippen LogP contribution in [0.3, 0.4) is 0 Å². The Kier molecular flexibility index (Phi) is 5.55. The Morgan fingerprint density at radius 2 is 1.85 bits per heavy atom. The Balaban J connectivity index is 1.58. The lowest BCUT2D eigenvalue weighted by Crippen LogP contribution is -2.61. The molecule has 1 spiro atoms. The number of carbonyl (C=O) groups excluding carboxylic acids is 3. The average molecular weight is 464 g/mol. The fraction of sp³-hybridized carbons (Fsp3) is 0.536. The summed E-state index contributed by atoms with van der Waals surface area (Å²) in [6.07, 6.45) is 6.53. The van der Waals surface area contributed by atoms with Crippen LogP contribution in [0.1, 0.15) is 46.1 Å². The second kappa shape index (κ2) is 8.19. The van der Waals surface area contributed by atoms with Crippen LogP contribution < -0.4 is 5.32 Å². The Morgan fingerprint density at radius 3 is 2.59 bits per heavy atom. The molecule has 3 aliphatic heterocycles. The van der Waals surface area contributed by atoms with E-state index in [1.165, 1.54) is 0 Å². The van der Waals surface area contributed by atoms with Crippen LogP contribution in [-0.2, 0) is 30.3 Å². The number of amides is 1. The van der Waals surface area contributed by atoms with Crippen LogP contribution >= 0.6 is 0 Å². The summed E-state index contributed by atoms with van der Waals surface area (Å²) in [5, 5.41) is 3.21. The number of benzene rings is 1. The summed E-state index contributed by atoms with van der Waals surface area (Å²) in [6, 6.07) is 9.89. The molecule has 1 saturated carbocycles. The first-order valence-electron chi connectivity index (χ1n) is 12.3. The summed E-state index contributed by atoms with van der Waals surface area (Å²) in [6.45, 7) is 7.83. The number of Topliss-reactive ketones (excluding diaryl/α,β-unsaturated/α-hetero) is 1. The molecule has 0 aromatic heterocycles. The molecular weight excluding hydrogens is 430 g/mol. The zero-order chi connectivity index (χ0) is 24.3. The standard InChI is InChI=1S/C28H33NO5/c1-16-9-8-12-20-25-27(4,34-25)18(3)23-21(15-19-10-6-5-7-11-19)29-26(32)28(20,23)33-22(30)14-13-17(2)24(16)31/h5-8,10-13,16,18,20-21,23,25H,9,14-15H2,1-4H3,(H,29,32)/b12-8+,17-13+. The van der Waals surface area contributed by atoms with Crippen LogP contribution in [0.25, 0.3) is 0 Å². The van der Waals surface area contributed by atoms with E-state index >= 15 is 0 Å². The molecule has 8 atom stereocenters. The predicted octanol–water partition coefficient (Wildman–Crippen LogP) is 3.55. The van der Waals surface area contributed by atoms with E-state index in [0.717, 1.165) is 5.56 Å². The number of allylic oxidation sites excluding steroid dienone is 2. The van der Waals surface area contributed by atoms with Gasteiger partial charge in [-0.2, -0.15) is 0 Å². The predicted molar refractivity (Wildman–Crippen MR) is 127 cm³/mol. The molecule has 180 valence electrons. The van der Waals surface area contributed by atoms with Gasteiger partial charge in [0.1, 0.15) is 0 Å². The van der Waals surface area contributed by atoms with Gasteiger partial charge in [0.15, 0.2) is 5.78 Å². The summed E-state index contributed by atoms with van der Waals surface area (Å²) in [5.41, 5.74) is -0.0388. The van der Waals surface area contributed by atoms with Gasteiger partial charge in [0.25, 0.3) is 5.91 Å². The molecular formula is C28H33NO5. The van der Waals surface area contributed by atoms with Crippen LogP contribution in [0.15, 0.2) is 54.1 Å². The lowest BCUT2D eigenvalue weighted by Gasteiger charge is -2.46. The van der Waals surface area contributed by atoms with Gasteiger partial charge in [-0.1, -0.05) is 62.4 Å². The number of ketones is 1. The van der Waals surface area contributed by atoms with E-state index in [1.54, 1.807) is 13.0 Å². The molecule has 1 aromatic carbocycles. The van der Waals surface area contributed by atoms with E-state index in [0.29, 0.717) is 18.4 Å². The van der Waals surface area contributed by atoms with Crippen molar-refractivity contribution in [1.29, 1.82) is 0 Å². The largest absolute Gasteiger partial charge is 0.448 e. The first kappa shape index (κ1) is 23.0. The molecule has 3 fully saturated rings. The minimum Gasteiger partial charge on any atom is -0.448 e. The minimum atomic E-state index is -1.33. The van der Waals surface area contributed by atoms with Gasteiger partial charge in [-0.05, 0) is 43.7 Å². The van der Waals surface area contributed by atoms with E-state index in [-0.39, 0.29) is 53.6 Å². The topological polar surface area (TPSA) is 85.0 Å². The van der Waals surface area contributed by atoms with Crippen LogP contribution in [0, 0.1) is 23.7 Å². The molecule has 1 aromatic rings. The highest BCUT2D eigenvalue weighted by molar-refractivity contribution is 5.97. The van der Waals surface area contributed by atoms with Crippen molar-refractivity contribution in [3.05, 3.63) is 59.7 Å². The number of hydrogen-bond donors (Lipinski definition) is 1. The summed E-state index contributed by atoms with van der Waals surface area (Å²) in [4.78, 5) is 39.5. The maximum atomic E-state index is 13.8. The molecule has 34 heavy (non-hydrogen) atoms. The number of hydrogen-bond acceptors (Lipinski definition) is 5. The molecule has 1 aliphatic carbocycles. The minimum absolute atomic E-state index is 0.00768. The maximum absolute atomic E-state index is 13.8. The molecule has 1 amide bonds. The van der Waals surface area contributed by atoms with E-state index in [4.69, 9.17) is 9.47 Å². The normalized spacial score (nSPS) is 44.1. The van der Waals surface area contributed by atoms with Crippen molar-refractivity contribution >= 4 is 17.7 Å². The summed E-state index contributed by atoms with van der Waals surface area (Å²) >= 11 is 0. The van der Waals surface area contributed by atoms with Crippen LogP contribution in [0.4, 0.5) is 0 Å². The highest BCUT2D eigenvalue weighted by Crippen LogP contribution is 2.63. The van der Waals surface area contributed by atoms with Crippen LogP contribution in [-0.4, -0.2) is 41.0 Å². The first-order chi connectivity index (χ1) is 16.2. The fourth-order valence-corrected chi connectivity index (χ4v) is 6.50. The van der Waals surface area contributed by atoms with Crippen molar-refractivity contribution in [2.24, 2.45) is 23.7 Å². The highest BCUT2D eigenvalue weighted by atomic mass is 16.6. The summed E-state index contributed by atoms with van der Waals surface area (Å²) in [5.74, 6) is -1.55. The van der Waals surface area contributed by atoms with Crippen molar-refractivity contribution in [1.82, 2.24) is 5.32 Å². The smallest absolute Gasteiger partial charge is 0.310 e. The molecule has 2 saturated heterocycles. The van der Waals surface area contributed by atoms with Crippen molar-refractivity contribution in [3.63, 3.8) is 0 Å². The number of nitrogens with one attached hydrogen (secondary N) is 1. The fourth-order valence-electron chi connectivity index (χ4n) is 6.50. The molecule has 6 heteroatoms. The molecule has 4 aliphatic rings. The van der Waals surface area contributed by atoms with Crippen LogP contribution in [0.2, 0.25) is 0 Å². The van der Waals surface area contributed by atoms with Gasteiger partial charge in [0, 0.05) is 17.9 Å². The zero-order valence-corrected chi connectivity index (χ0v) is 20.2. The maximum Gasteiger partial charge on any atom is 0.310 e. The van der Waals surface area contributed by atoms with E-state index in [9.17, 15) is 14.4 Å². The molecule has 0 radical (unpaired) electrons. The quantitative estimate of drug-likeness (QED) is 0.412. The van der Waals surface area contributed by atoms with Gasteiger partial charge in [-0.3, -0.25) is 14.4 Å². The van der Waals surface area contributed by atoms with Gasteiger partial charge < -0.3 is 14.8 Å². The lowest BCUT2D eigenvalue weighted by atomic mass is 9.59. The molecule has 3 heterocycles. The second-order valence-corrected chi connectivity index (χ2v) is 10.6. The Labute approximate surface area is 200 Å². The van der Waals surface area contributed by atoms with E-state index in [2.05, 4.69) is 31.3 Å². The third-order valence-corrected chi connectivity index (χ3v) is 8.58. The Morgan fingerprint density at radius 1 is 1.12 bits per heavy atom. The molecule has 8 unspecified atom stereocenters. The highest BCUT2D eigenvalue weighted by Gasteiger charge is 2.78. The van der Waals surface area contributed by atoms with Gasteiger partial charge in [0.2, 0.25) is 5.60 Å². The van der Waals surface area contributed by atoms with E-state index in [1.807, 2.05) is 37.3 Å². The number of carbonyl (C=O) groups is 3. The third-order valence-electron chi connectivity index (χ3n) is 8.58. The Hall–Kier alpha value is -2.73. The van der Waals surface area contributed by atoms with Gasteiger partial charge in [-0.15, -0.1) is 0 Å². The van der Waals surface area contributed by atoms with E-state index < -0.39 is 17.5 Å². The Bertz CT molecular complexity index is 1080. The van der Waals surface area contributed by atoms with Gasteiger partial charge >= 0.3 is 5.97 Å². The van der Waals surface area contributed by atoms with Crippen LogP contribution in [0.5, 0.6) is 0 Å². The molecule has 0 bridgehead atoms. The van der Waals surface area contributed by atoms with Crippen molar-refractivity contribution in [2.75, 3.05) is 0 Å². The third kappa shape index (κ3) is 3.46. The number of fused-ring (bicyclic) bond motifs is 2. The SMILES string of the molecule is C/C1=C\CC(=O)OC23C(=O)NC(Cc4ccccc4)C2C(C)C2(C)OC2C3/C=C/CC(C)C1=O. The van der Waals surface area contributed by atoms with Crippen molar-refractivity contribution in [2.45, 2.75) is 70.3 Å². The monoisotopic (exact) mass is 463 g/mol. The molecule has 5 rings (SSSR count). The number of esters is 1. The number of rotatable bonds is 2. The summed E-state index contributed by atoms with van der Waals surface area (Å²) in [7, 11) is 0. The van der Waals surface area contributed by atoms with Gasteiger partial charge in [-0.25, -0.2) is 0 Å². The number of ether oxygens (including phenoxy) is 2. The first-order valence-corrected chi connectivity index (χ1v) is 12.3. The zero-order valence-electron chi connectivity index (χ0n) is 20.2. The second-order valence-electron chi connectivity index (χ2n) is 10.6. The van der Waals surface area contributed by atoms with Crippen molar-refractivity contribution in [3.8, 4) is 0 Å². The lowest BCUT2D eigenvalue weighted by molar-refractivity contribution is -0.181. The molecule has 6 nitrogen and oxygen atoms in total. The van der Waals surface area contributed by atoms with Crippen molar-refractivity contribution < 1.29 is 23.9 Å². The summed E-state index contributed by atoms with van der Waals surface area (Å²) < 4.78 is 12.5. The molecule has 1 N–H and O–H groups in total. The average Bonchev–Trinajstić information content (AvgIpc) is 3.43. The van der Waals surface area contributed by atoms with Gasteiger partial charge in [0.05, 0.1) is 24.0 Å². The number of epoxide rings is 1.